The summed E-state index contributed by atoms with van der Waals surface area (Å²) in [5.74, 6) is 1.17. The van der Waals surface area contributed by atoms with Gasteiger partial charge in [-0.3, -0.25) is 0 Å². The molecule has 0 saturated carbocycles. The summed E-state index contributed by atoms with van der Waals surface area (Å²) < 4.78 is 2.36. The Kier molecular flexibility index (Phi) is 3.52. The molecule has 0 aliphatic heterocycles. The Morgan fingerprint density at radius 3 is 2.46 bits per heavy atom. The molecule has 0 saturated heterocycles. The minimum atomic E-state index is 1.09. The second-order valence-corrected chi connectivity index (χ2v) is 3.55. The molecule has 1 rings (SSSR count). The van der Waals surface area contributed by atoms with E-state index in [4.69, 9.17) is 0 Å². The van der Waals surface area contributed by atoms with Gasteiger partial charge in [0, 0.05) is 12.2 Å². The van der Waals surface area contributed by atoms with Crippen molar-refractivity contribution in [3.05, 3.63) is 17.2 Å². The van der Waals surface area contributed by atoms with Gasteiger partial charge in [-0.05, 0) is 26.7 Å². The van der Waals surface area contributed by atoms with Crippen molar-refractivity contribution in [2.75, 3.05) is 0 Å². The maximum absolute atomic E-state index is 4.50. The first-order valence-corrected chi connectivity index (χ1v) is 5.23. The molecule has 0 unspecified atom stereocenters. The molecule has 0 amide bonds. The van der Waals surface area contributed by atoms with Crippen LogP contribution in [0.5, 0.6) is 0 Å². The third-order valence-electron chi connectivity index (χ3n) is 2.53. The summed E-state index contributed by atoms with van der Waals surface area (Å²) in [4.78, 5) is 4.50. The summed E-state index contributed by atoms with van der Waals surface area (Å²) in [6.45, 7) is 9.76. The maximum Gasteiger partial charge on any atom is 0.106 e. The first-order chi connectivity index (χ1) is 6.20. The molecule has 1 aromatic rings. The fraction of sp³-hybridized carbons (Fsp3) is 0.727. The van der Waals surface area contributed by atoms with E-state index < -0.39 is 0 Å². The highest BCUT2D eigenvalue weighted by molar-refractivity contribution is 5.15. The molecular formula is C11H20N2. The molecule has 0 atom stereocenters. The van der Waals surface area contributed by atoms with Crippen molar-refractivity contribution in [3.63, 3.8) is 0 Å². The van der Waals surface area contributed by atoms with Crippen LogP contribution in [0.15, 0.2) is 0 Å². The number of nitrogens with zero attached hydrogens (tertiary/aromatic N) is 2. The number of unbranched alkanes of at least 4 members (excludes halogenated alkanes) is 1. The molecule has 0 aliphatic rings. The summed E-state index contributed by atoms with van der Waals surface area (Å²) in [6, 6.07) is 0. The van der Waals surface area contributed by atoms with Crippen LogP contribution in [0.4, 0.5) is 0 Å². The lowest BCUT2D eigenvalue weighted by molar-refractivity contribution is 0.595. The quantitative estimate of drug-likeness (QED) is 0.696. The largest absolute Gasteiger partial charge is 0.332 e. The topological polar surface area (TPSA) is 17.8 Å². The van der Waals surface area contributed by atoms with Gasteiger partial charge in [0.15, 0.2) is 0 Å². The fourth-order valence-corrected chi connectivity index (χ4v) is 1.82. The molecule has 0 N–H and O–H groups in total. The third kappa shape index (κ3) is 2.11. The van der Waals surface area contributed by atoms with Crippen molar-refractivity contribution >= 4 is 0 Å². The number of aromatic nitrogens is 2. The normalized spacial score (nSPS) is 10.8. The van der Waals surface area contributed by atoms with Crippen LogP contribution < -0.4 is 0 Å². The van der Waals surface area contributed by atoms with E-state index in [0.29, 0.717) is 0 Å². The molecule has 1 heterocycles. The van der Waals surface area contributed by atoms with Crippen molar-refractivity contribution in [2.24, 2.45) is 0 Å². The van der Waals surface area contributed by atoms with E-state index in [1.807, 2.05) is 0 Å². The minimum absolute atomic E-state index is 1.09. The van der Waals surface area contributed by atoms with Crippen molar-refractivity contribution in [2.45, 2.75) is 53.5 Å². The molecule has 0 fully saturated rings. The highest BCUT2D eigenvalue weighted by Crippen LogP contribution is 2.12. The zero-order valence-corrected chi connectivity index (χ0v) is 9.22. The molecule has 1 aromatic heterocycles. The molecule has 0 aromatic carbocycles. The van der Waals surface area contributed by atoms with Crippen molar-refractivity contribution in [1.82, 2.24) is 9.55 Å². The monoisotopic (exact) mass is 180 g/mol. The predicted octanol–water partition coefficient (Wildman–Crippen LogP) is 2.86. The Hall–Kier alpha value is -0.790. The predicted molar refractivity (Wildman–Crippen MR) is 56.0 cm³/mol. The lowest BCUT2D eigenvalue weighted by Crippen LogP contribution is -2.04. The van der Waals surface area contributed by atoms with E-state index in [-0.39, 0.29) is 0 Å². The van der Waals surface area contributed by atoms with E-state index in [1.165, 1.54) is 30.1 Å². The molecule has 74 valence electrons. The van der Waals surface area contributed by atoms with Gasteiger partial charge in [-0.15, -0.1) is 0 Å². The Bertz CT molecular complexity index is 274. The number of rotatable bonds is 4. The molecule has 0 radical (unpaired) electrons. The highest BCUT2D eigenvalue weighted by atomic mass is 15.1. The van der Waals surface area contributed by atoms with Crippen LogP contribution in [-0.4, -0.2) is 9.55 Å². The van der Waals surface area contributed by atoms with Gasteiger partial charge >= 0.3 is 0 Å². The van der Waals surface area contributed by atoms with Gasteiger partial charge in [0.2, 0.25) is 0 Å². The lowest BCUT2D eigenvalue weighted by atomic mass is 10.2. The number of imidazole rings is 1. The number of aryl methyl sites for hydroxylation is 2. The van der Waals surface area contributed by atoms with Gasteiger partial charge in [0.25, 0.3) is 0 Å². The second-order valence-electron chi connectivity index (χ2n) is 3.55. The smallest absolute Gasteiger partial charge is 0.106 e. The van der Waals surface area contributed by atoms with E-state index >= 15 is 0 Å². The number of hydrogen-bond donors (Lipinski definition) is 0. The van der Waals surface area contributed by atoms with Crippen LogP contribution in [0.2, 0.25) is 0 Å². The van der Waals surface area contributed by atoms with Gasteiger partial charge in [0.1, 0.15) is 5.82 Å². The van der Waals surface area contributed by atoms with Crippen LogP contribution >= 0.6 is 0 Å². The molecule has 0 spiro atoms. The Balaban J connectivity index is 2.89. The number of hydrogen-bond acceptors (Lipinski definition) is 1. The average Bonchev–Trinajstić information content (AvgIpc) is 2.37. The van der Waals surface area contributed by atoms with E-state index in [1.54, 1.807) is 0 Å². The highest BCUT2D eigenvalue weighted by Gasteiger charge is 2.08. The molecule has 2 heteroatoms. The summed E-state index contributed by atoms with van der Waals surface area (Å²) in [5, 5.41) is 0. The van der Waals surface area contributed by atoms with Gasteiger partial charge in [-0.25, -0.2) is 4.98 Å². The lowest BCUT2D eigenvalue weighted by Gasteiger charge is -2.08. The van der Waals surface area contributed by atoms with Crippen LogP contribution in [0.1, 0.15) is 43.9 Å². The molecular weight excluding hydrogens is 160 g/mol. The first kappa shape index (κ1) is 10.3. The van der Waals surface area contributed by atoms with Crippen molar-refractivity contribution in [1.29, 1.82) is 0 Å². The van der Waals surface area contributed by atoms with Crippen molar-refractivity contribution in [3.8, 4) is 0 Å². The third-order valence-corrected chi connectivity index (χ3v) is 2.53. The molecule has 2 nitrogen and oxygen atoms in total. The average molecular weight is 180 g/mol. The van der Waals surface area contributed by atoms with Crippen LogP contribution in [0.3, 0.4) is 0 Å². The SMILES string of the molecule is CCCCn1c(C)nc(C)c1CC. The van der Waals surface area contributed by atoms with E-state index in [0.717, 1.165) is 13.0 Å². The summed E-state index contributed by atoms with van der Waals surface area (Å²) in [7, 11) is 0. The van der Waals surface area contributed by atoms with Crippen molar-refractivity contribution < 1.29 is 0 Å². The summed E-state index contributed by atoms with van der Waals surface area (Å²) in [5.41, 5.74) is 2.61. The Labute approximate surface area is 81.0 Å². The zero-order chi connectivity index (χ0) is 9.84. The molecule has 13 heavy (non-hydrogen) atoms. The summed E-state index contributed by atoms with van der Waals surface area (Å²) >= 11 is 0. The van der Waals surface area contributed by atoms with Gasteiger partial charge in [0.05, 0.1) is 5.69 Å². The Morgan fingerprint density at radius 1 is 1.23 bits per heavy atom. The van der Waals surface area contributed by atoms with Crippen LogP contribution in [-0.2, 0) is 13.0 Å². The van der Waals surface area contributed by atoms with Crippen LogP contribution in [0.25, 0.3) is 0 Å². The van der Waals surface area contributed by atoms with E-state index in [2.05, 4.69) is 37.2 Å². The second kappa shape index (κ2) is 4.45. The van der Waals surface area contributed by atoms with Gasteiger partial charge in [-0.1, -0.05) is 20.3 Å². The first-order valence-electron chi connectivity index (χ1n) is 5.23. The molecule has 0 aliphatic carbocycles. The van der Waals surface area contributed by atoms with Gasteiger partial charge in [-0.2, -0.15) is 0 Å². The maximum atomic E-state index is 4.50. The minimum Gasteiger partial charge on any atom is -0.332 e. The fourth-order valence-electron chi connectivity index (χ4n) is 1.82. The van der Waals surface area contributed by atoms with Crippen LogP contribution in [0, 0.1) is 13.8 Å². The standard InChI is InChI=1S/C11H20N2/c1-5-7-8-13-10(4)12-9(3)11(13)6-2/h5-8H2,1-4H3. The molecule has 0 bridgehead atoms. The van der Waals surface area contributed by atoms with E-state index in [9.17, 15) is 0 Å². The summed E-state index contributed by atoms with van der Waals surface area (Å²) in [6.07, 6.45) is 3.60. The zero-order valence-electron chi connectivity index (χ0n) is 9.22. The Morgan fingerprint density at radius 2 is 1.92 bits per heavy atom. The van der Waals surface area contributed by atoms with Gasteiger partial charge < -0.3 is 4.57 Å².